The van der Waals surface area contributed by atoms with Crippen molar-refractivity contribution in [3.05, 3.63) is 29.6 Å². The Bertz CT molecular complexity index is 814. The molecule has 6 heteroatoms. The van der Waals surface area contributed by atoms with Crippen LogP contribution < -0.4 is 9.64 Å². The SMILES string of the molecule is CC[NH+](CC(=O)N(CCC#N)C12CC3CC(CC(C3)C1)C2)Cc1ccc(OC)c(F)c1. The van der Waals surface area contributed by atoms with Crippen molar-refractivity contribution in [2.75, 3.05) is 26.7 Å². The number of methoxy groups -OCH3 is 1. The van der Waals surface area contributed by atoms with E-state index in [1.807, 2.05) is 6.07 Å². The van der Waals surface area contributed by atoms with E-state index in [2.05, 4.69) is 17.9 Å². The summed E-state index contributed by atoms with van der Waals surface area (Å²) in [6, 6.07) is 7.28. The number of nitrogens with zero attached hydrogens (tertiary/aromatic N) is 2. The Kier molecular flexibility index (Phi) is 6.52. The molecule has 5 nitrogen and oxygen atoms in total. The quantitative estimate of drug-likeness (QED) is 0.658. The van der Waals surface area contributed by atoms with E-state index in [1.54, 1.807) is 6.07 Å². The number of ether oxygens (including phenoxy) is 1. The van der Waals surface area contributed by atoms with E-state index in [4.69, 9.17) is 4.74 Å². The summed E-state index contributed by atoms with van der Waals surface area (Å²) in [6.45, 7) is 4.36. The lowest BCUT2D eigenvalue weighted by Gasteiger charge is -2.60. The molecule has 0 radical (unpaired) electrons. The number of amides is 1. The number of nitriles is 1. The summed E-state index contributed by atoms with van der Waals surface area (Å²) < 4.78 is 19.1. The van der Waals surface area contributed by atoms with E-state index in [0.29, 0.717) is 26.1 Å². The molecule has 1 amide bonds. The largest absolute Gasteiger partial charge is 0.494 e. The molecule has 0 spiro atoms. The first-order valence-electron chi connectivity index (χ1n) is 11.8. The number of nitrogens with one attached hydrogen (secondary N) is 1. The molecule has 1 N–H and O–H groups in total. The van der Waals surface area contributed by atoms with Crippen molar-refractivity contribution in [2.45, 2.75) is 64.0 Å². The highest BCUT2D eigenvalue weighted by atomic mass is 19.1. The fourth-order valence-electron chi connectivity index (χ4n) is 6.91. The molecule has 1 unspecified atom stereocenters. The van der Waals surface area contributed by atoms with Crippen LogP contribution in [0.2, 0.25) is 0 Å². The van der Waals surface area contributed by atoms with Crippen molar-refractivity contribution in [3.63, 3.8) is 0 Å². The van der Waals surface area contributed by atoms with E-state index in [0.717, 1.165) is 54.0 Å². The molecule has 4 aliphatic rings. The highest BCUT2D eigenvalue weighted by molar-refractivity contribution is 5.78. The van der Waals surface area contributed by atoms with Crippen LogP contribution >= 0.6 is 0 Å². The van der Waals surface area contributed by atoms with Crippen LogP contribution in [0.15, 0.2) is 18.2 Å². The molecular formula is C25H35FN3O2+. The van der Waals surface area contributed by atoms with Crippen LogP contribution in [0.4, 0.5) is 4.39 Å². The Morgan fingerprint density at radius 1 is 1.26 bits per heavy atom. The Hall–Kier alpha value is -2.13. The van der Waals surface area contributed by atoms with Gasteiger partial charge in [-0.15, -0.1) is 0 Å². The third-order valence-corrected chi connectivity index (χ3v) is 7.90. The van der Waals surface area contributed by atoms with Gasteiger partial charge in [-0.05, 0) is 81.4 Å². The first-order valence-corrected chi connectivity index (χ1v) is 11.8. The Balaban J connectivity index is 1.48. The molecule has 1 aromatic carbocycles. The molecule has 4 saturated carbocycles. The van der Waals surface area contributed by atoms with E-state index in [9.17, 15) is 14.4 Å². The van der Waals surface area contributed by atoms with Gasteiger partial charge in [-0.3, -0.25) is 4.79 Å². The van der Waals surface area contributed by atoms with Gasteiger partial charge in [-0.2, -0.15) is 5.26 Å². The molecular weight excluding hydrogens is 393 g/mol. The van der Waals surface area contributed by atoms with Gasteiger partial charge in [0, 0.05) is 17.6 Å². The van der Waals surface area contributed by atoms with Crippen molar-refractivity contribution in [3.8, 4) is 11.8 Å². The monoisotopic (exact) mass is 428 g/mol. The lowest BCUT2D eigenvalue weighted by atomic mass is 9.52. The van der Waals surface area contributed by atoms with Crippen LogP contribution in [-0.4, -0.2) is 43.1 Å². The maximum Gasteiger partial charge on any atom is 0.278 e. The number of likely N-dealkylation sites (N-methyl/N-ethyl adjacent to an activating group) is 1. The molecule has 0 heterocycles. The van der Waals surface area contributed by atoms with Gasteiger partial charge in [0.15, 0.2) is 18.1 Å². The zero-order chi connectivity index (χ0) is 22.0. The first-order chi connectivity index (χ1) is 15.0. The van der Waals surface area contributed by atoms with Crippen molar-refractivity contribution in [2.24, 2.45) is 17.8 Å². The van der Waals surface area contributed by atoms with Gasteiger partial charge in [-0.25, -0.2) is 4.39 Å². The molecule has 0 saturated heterocycles. The number of quaternary nitrogens is 1. The van der Waals surface area contributed by atoms with E-state index >= 15 is 0 Å². The van der Waals surface area contributed by atoms with Crippen LogP contribution in [-0.2, 0) is 11.3 Å². The molecule has 4 fully saturated rings. The fourth-order valence-corrected chi connectivity index (χ4v) is 6.91. The summed E-state index contributed by atoms with van der Waals surface area (Å²) >= 11 is 0. The van der Waals surface area contributed by atoms with Crippen molar-refractivity contribution >= 4 is 5.91 Å². The Labute approximate surface area is 185 Å². The van der Waals surface area contributed by atoms with Crippen molar-refractivity contribution < 1.29 is 18.8 Å². The lowest BCUT2D eigenvalue weighted by molar-refractivity contribution is -0.904. The minimum Gasteiger partial charge on any atom is -0.494 e. The van der Waals surface area contributed by atoms with Gasteiger partial charge in [0.2, 0.25) is 0 Å². The molecule has 4 aliphatic carbocycles. The number of halogens is 1. The molecule has 31 heavy (non-hydrogen) atoms. The number of carbonyl (C=O) groups excluding carboxylic acids is 1. The van der Waals surface area contributed by atoms with Crippen molar-refractivity contribution in [1.29, 1.82) is 5.26 Å². The summed E-state index contributed by atoms with van der Waals surface area (Å²) in [4.78, 5) is 16.8. The number of hydrogen-bond donors (Lipinski definition) is 1. The number of rotatable bonds is 9. The van der Waals surface area contributed by atoms with Crippen LogP contribution in [0.25, 0.3) is 0 Å². The maximum atomic E-state index is 14.1. The zero-order valence-corrected chi connectivity index (χ0v) is 18.8. The van der Waals surface area contributed by atoms with E-state index in [-0.39, 0.29) is 23.0 Å². The smallest absolute Gasteiger partial charge is 0.278 e. The highest BCUT2D eigenvalue weighted by Crippen LogP contribution is 2.57. The number of hydrogen-bond acceptors (Lipinski definition) is 3. The van der Waals surface area contributed by atoms with Gasteiger partial charge in [0.25, 0.3) is 5.91 Å². The molecule has 0 aliphatic heterocycles. The van der Waals surface area contributed by atoms with Gasteiger partial charge in [0.05, 0.1) is 26.1 Å². The summed E-state index contributed by atoms with van der Waals surface area (Å²) in [6.07, 6.45) is 7.71. The number of benzene rings is 1. The van der Waals surface area contributed by atoms with E-state index < -0.39 is 0 Å². The summed E-state index contributed by atoms with van der Waals surface area (Å²) in [7, 11) is 1.46. The Morgan fingerprint density at radius 3 is 2.42 bits per heavy atom. The Morgan fingerprint density at radius 2 is 1.90 bits per heavy atom. The second-order valence-corrected chi connectivity index (χ2v) is 10.0. The normalized spacial score (nSPS) is 29.4. The minimum atomic E-state index is -0.369. The van der Waals surface area contributed by atoms with Gasteiger partial charge in [-0.1, -0.05) is 0 Å². The van der Waals surface area contributed by atoms with Crippen molar-refractivity contribution in [1.82, 2.24) is 4.90 Å². The average Bonchev–Trinajstić information content (AvgIpc) is 2.72. The highest BCUT2D eigenvalue weighted by Gasteiger charge is 2.54. The maximum absolute atomic E-state index is 14.1. The van der Waals surface area contributed by atoms with Crippen LogP contribution in [0.3, 0.4) is 0 Å². The van der Waals surface area contributed by atoms with Gasteiger partial charge < -0.3 is 14.5 Å². The standard InChI is InChI=1S/C25H34FN3O2/c1-3-28(16-18-5-6-23(31-2)22(26)12-18)17-24(30)29(8-4-7-27)25-13-19-9-20(14-25)11-21(10-19)15-25/h5-6,12,19-21H,3-4,8-11,13-17H2,1-2H3/p+1. The lowest BCUT2D eigenvalue weighted by Crippen LogP contribution is -3.11. The predicted octanol–water partition coefficient (Wildman–Crippen LogP) is 2.95. The second kappa shape index (κ2) is 9.16. The molecule has 168 valence electrons. The molecule has 5 rings (SSSR count). The van der Waals surface area contributed by atoms with Crippen LogP contribution in [0.1, 0.15) is 57.4 Å². The second-order valence-electron chi connectivity index (χ2n) is 10.0. The molecule has 1 aromatic rings. The summed E-state index contributed by atoms with van der Waals surface area (Å²) in [5, 5.41) is 9.23. The summed E-state index contributed by atoms with van der Waals surface area (Å²) in [5.74, 6) is 2.28. The number of carbonyl (C=O) groups is 1. The summed E-state index contributed by atoms with van der Waals surface area (Å²) in [5.41, 5.74) is 0.828. The van der Waals surface area contributed by atoms with E-state index in [1.165, 1.54) is 32.4 Å². The van der Waals surface area contributed by atoms with Gasteiger partial charge in [0.1, 0.15) is 6.54 Å². The molecule has 4 bridgehead atoms. The van der Waals surface area contributed by atoms with Crippen LogP contribution in [0, 0.1) is 34.9 Å². The first kappa shape index (κ1) is 22.1. The predicted molar refractivity (Wildman–Crippen MR) is 116 cm³/mol. The fraction of sp³-hybridized carbons (Fsp3) is 0.680. The van der Waals surface area contributed by atoms with Gasteiger partial charge >= 0.3 is 0 Å². The molecule has 0 aromatic heterocycles. The molecule has 1 atom stereocenters. The van der Waals surface area contributed by atoms with Crippen LogP contribution in [0.5, 0.6) is 5.75 Å². The third kappa shape index (κ3) is 4.57. The zero-order valence-electron chi connectivity index (χ0n) is 18.8. The topological polar surface area (TPSA) is 57.8 Å². The minimum absolute atomic E-state index is 0.0340. The third-order valence-electron chi connectivity index (χ3n) is 7.90. The average molecular weight is 429 g/mol.